The van der Waals surface area contributed by atoms with Gasteiger partial charge in [-0.25, -0.2) is 0 Å². The topological polar surface area (TPSA) is 178 Å². The number of Topliss-reactive ketones (excluding diaryl/α,β-unsaturated/α-hetero) is 2. The summed E-state index contributed by atoms with van der Waals surface area (Å²) in [6.07, 6.45) is 1.31. The molecule has 10 atom stereocenters. The number of benzene rings is 2. The van der Waals surface area contributed by atoms with E-state index in [1.807, 2.05) is 6.07 Å². The Balaban J connectivity index is 1.20. The molecule has 1 saturated carbocycles. The summed E-state index contributed by atoms with van der Waals surface area (Å²) in [4.78, 5) is 29.4. The number of carbonyl (C=O) groups is 2. The van der Waals surface area contributed by atoms with Gasteiger partial charge in [0.15, 0.2) is 11.6 Å². The van der Waals surface area contributed by atoms with Gasteiger partial charge in [0, 0.05) is 28.8 Å². The van der Waals surface area contributed by atoms with Crippen LogP contribution in [0.25, 0.3) is 5.57 Å². The molecule has 4 aliphatic carbocycles. The maximum Gasteiger partial charge on any atom is 0.229 e. The monoisotopic (exact) mass is 756 g/mol. The van der Waals surface area contributed by atoms with Gasteiger partial charge in [-0.15, -0.1) is 0 Å². The third-order valence-corrected chi connectivity index (χ3v) is 15.8. The van der Waals surface area contributed by atoms with Crippen molar-refractivity contribution in [2.45, 2.75) is 74.1 Å². The van der Waals surface area contributed by atoms with E-state index in [2.05, 4.69) is 28.8 Å². The van der Waals surface area contributed by atoms with Crippen molar-refractivity contribution in [3.05, 3.63) is 105 Å². The second-order valence-electron chi connectivity index (χ2n) is 15.7. The molecule has 0 aromatic heterocycles. The van der Waals surface area contributed by atoms with Gasteiger partial charge >= 0.3 is 0 Å². The van der Waals surface area contributed by atoms with E-state index in [9.17, 15) is 30.3 Å². The quantitative estimate of drug-likeness (QED) is 0.207. The van der Waals surface area contributed by atoms with E-state index in [-0.39, 0.29) is 51.9 Å². The highest BCUT2D eigenvalue weighted by atomic mass is 33.1. The molecule has 13 heteroatoms. The molecule has 2 fully saturated rings. The minimum Gasteiger partial charge on any atom is -0.511 e. The number of hydrogen-bond acceptors (Lipinski definition) is 13. The molecule has 7 N–H and O–H groups in total. The summed E-state index contributed by atoms with van der Waals surface area (Å²) in [5.74, 6) is -1.24. The zero-order chi connectivity index (χ0) is 36.6. The van der Waals surface area contributed by atoms with Crippen molar-refractivity contribution in [1.29, 1.82) is 0 Å². The highest BCUT2D eigenvalue weighted by molar-refractivity contribution is 8.76. The first-order valence-electron chi connectivity index (χ1n) is 18.2. The summed E-state index contributed by atoms with van der Waals surface area (Å²) in [6.45, 7) is 1.63. The van der Waals surface area contributed by atoms with Crippen molar-refractivity contribution in [3.8, 4) is 5.75 Å². The van der Waals surface area contributed by atoms with Gasteiger partial charge in [0.2, 0.25) is 6.29 Å². The fourth-order valence-corrected chi connectivity index (χ4v) is 13.7. The number of allylic oxidation sites excluding steroid dienone is 6. The van der Waals surface area contributed by atoms with E-state index < -0.39 is 59.3 Å². The van der Waals surface area contributed by atoms with Crippen LogP contribution in [0.2, 0.25) is 0 Å². The zero-order valence-electron chi connectivity index (χ0n) is 28.9. The van der Waals surface area contributed by atoms with Gasteiger partial charge in [-0.3, -0.25) is 9.59 Å². The van der Waals surface area contributed by atoms with Crippen LogP contribution < -0.4 is 15.4 Å². The smallest absolute Gasteiger partial charge is 0.229 e. The highest BCUT2D eigenvalue weighted by Crippen LogP contribution is 2.67. The molecule has 10 aliphatic rings. The van der Waals surface area contributed by atoms with Crippen molar-refractivity contribution in [2.75, 3.05) is 18.9 Å². The number of nitrogens with one attached hydrogen (secondary N) is 2. The molecule has 2 spiro atoms. The van der Waals surface area contributed by atoms with Crippen LogP contribution in [0.3, 0.4) is 0 Å². The van der Waals surface area contributed by atoms with Crippen molar-refractivity contribution in [3.63, 3.8) is 0 Å². The fourth-order valence-electron chi connectivity index (χ4n) is 10.8. The maximum absolute atomic E-state index is 15.0. The van der Waals surface area contributed by atoms with Gasteiger partial charge in [0.1, 0.15) is 52.0 Å². The molecule has 0 radical (unpaired) electrons. The largest absolute Gasteiger partial charge is 0.511 e. The Morgan fingerprint density at radius 2 is 1.87 bits per heavy atom. The van der Waals surface area contributed by atoms with Crippen LogP contribution >= 0.6 is 21.6 Å². The van der Waals surface area contributed by atoms with Gasteiger partial charge in [-0.05, 0) is 66.5 Å². The lowest BCUT2D eigenvalue weighted by Gasteiger charge is -2.55. The summed E-state index contributed by atoms with van der Waals surface area (Å²) in [7, 11) is 2.96. The molecule has 12 bridgehead atoms. The van der Waals surface area contributed by atoms with Gasteiger partial charge in [-0.2, -0.15) is 0 Å². The second kappa shape index (κ2) is 11.7. The number of rotatable bonds is 1. The zero-order valence-corrected chi connectivity index (χ0v) is 30.5. The molecular weight excluding hydrogens is 717 g/mol. The molecule has 6 aliphatic heterocycles. The van der Waals surface area contributed by atoms with E-state index in [4.69, 9.17) is 9.47 Å². The Labute approximate surface area is 313 Å². The number of aliphatic hydroxyl groups is 5. The van der Waals surface area contributed by atoms with Crippen LogP contribution in [0.4, 0.5) is 0 Å². The number of ketones is 2. The molecule has 53 heavy (non-hydrogen) atoms. The first-order chi connectivity index (χ1) is 25.5. The molecule has 12 rings (SSSR count). The van der Waals surface area contributed by atoms with Crippen LogP contribution in [0, 0.1) is 16.7 Å². The van der Waals surface area contributed by atoms with E-state index in [1.165, 1.54) is 22.9 Å². The van der Waals surface area contributed by atoms with Crippen molar-refractivity contribution in [1.82, 2.24) is 10.6 Å². The summed E-state index contributed by atoms with van der Waals surface area (Å²) < 4.78 is 12.3. The summed E-state index contributed by atoms with van der Waals surface area (Å²) in [5.41, 5.74) is 1.56. The molecule has 10 unspecified atom stereocenters. The SMILES string of the molecule is CC1=CC2C(=O)c3cccc4c3C(=O)C2(CSSC2NC3=C5C(=CCN3)C3(CCCC3c3cccc2c35)CC2(O)C(O)C(CO)OC(O4)C2O)C(O)=C1. The van der Waals surface area contributed by atoms with Gasteiger partial charge in [-0.1, -0.05) is 76.1 Å². The third-order valence-electron chi connectivity index (χ3n) is 13.1. The predicted molar refractivity (Wildman–Crippen MR) is 198 cm³/mol. The maximum atomic E-state index is 15.0. The number of dihydropyridines is 1. The van der Waals surface area contributed by atoms with E-state index in [0.717, 1.165) is 46.5 Å². The second-order valence-corrected chi connectivity index (χ2v) is 18.2. The minimum absolute atomic E-state index is 0.0267. The van der Waals surface area contributed by atoms with Crippen LogP contribution in [-0.2, 0) is 4.74 Å². The van der Waals surface area contributed by atoms with Crippen molar-refractivity contribution < 1.29 is 44.6 Å². The van der Waals surface area contributed by atoms with Gasteiger partial charge < -0.3 is 45.6 Å². The number of carbonyl (C=O) groups excluding carboxylic acids is 2. The average molecular weight is 757 g/mol. The Morgan fingerprint density at radius 1 is 1.06 bits per heavy atom. The lowest BCUT2D eigenvalue weighted by atomic mass is 9.55. The van der Waals surface area contributed by atoms with Crippen molar-refractivity contribution in [2.24, 2.45) is 16.7 Å². The first-order valence-corrected chi connectivity index (χ1v) is 20.6. The molecule has 1 saturated heterocycles. The molecule has 11 nitrogen and oxygen atoms in total. The number of aliphatic hydroxyl groups excluding tert-OH is 4. The number of ether oxygens (including phenoxy) is 2. The third kappa shape index (κ3) is 4.38. The molecule has 2 aromatic carbocycles. The van der Waals surface area contributed by atoms with Crippen LogP contribution in [0.15, 0.2) is 77.4 Å². The lowest BCUT2D eigenvalue weighted by Crippen LogP contribution is -2.69. The molecule has 276 valence electrons. The first kappa shape index (κ1) is 34.0. The van der Waals surface area contributed by atoms with E-state index in [0.29, 0.717) is 18.5 Å². The fraction of sp³-hybridized carbons (Fsp3) is 0.450. The Hall–Kier alpha value is -3.56. The minimum atomic E-state index is -2.23. The van der Waals surface area contributed by atoms with Crippen molar-refractivity contribution >= 4 is 38.7 Å². The Morgan fingerprint density at radius 3 is 2.70 bits per heavy atom. The van der Waals surface area contributed by atoms with Gasteiger partial charge in [0.25, 0.3) is 0 Å². The van der Waals surface area contributed by atoms with Gasteiger partial charge in [0.05, 0.1) is 18.1 Å². The normalized spacial score (nSPS) is 39.3. The summed E-state index contributed by atoms with van der Waals surface area (Å²) in [6, 6.07) is 10.9. The van der Waals surface area contributed by atoms with Crippen LogP contribution in [0.1, 0.15) is 81.3 Å². The van der Waals surface area contributed by atoms with E-state index in [1.54, 1.807) is 35.9 Å². The average Bonchev–Trinajstić information content (AvgIpc) is 3.58. The summed E-state index contributed by atoms with van der Waals surface area (Å²) in [5, 5.41) is 66.0. The predicted octanol–water partition coefficient (Wildman–Crippen LogP) is 4.17. The van der Waals surface area contributed by atoms with E-state index >= 15 is 4.79 Å². The molecule has 2 aromatic rings. The number of hydrogen-bond donors (Lipinski definition) is 7. The van der Waals surface area contributed by atoms with Crippen LogP contribution in [0.5, 0.6) is 5.75 Å². The molecular formula is C40H40N2O9S2. The molecule has 0 amide bonds. The standard InChI is InChI=1S/C40H40N2O9S2/c1-18-13-24-31(45)20-6-3-9-25-29(20)33(47)39(24,27(44)14-18)17-52-53-36-21-7-2-5-19-22-8-4-11-38(22,23-10-12-41-35(42-36)30(23)28(19)21)16-40(49)32(46)26(15-43)51-37(50-25)34(40)48/h2-3,5-7,9-10,13-14,22,24,26,32,34,36-37,41-44,46,48-49H,4,8,11-12,15-17H2,1H3. The lowest BCUT2D eigenvalue weighted by molar-refractivity contribution is -0.319. The highest BCUT2D eigenvalue weighted by Gasteiger charge is 2.64. The Bertz CT molecular complexity index is 2130. The van der Waals surface area contributed by atoms with Crippen LogP contribution in [-0.4, -0.2) is 86.2 Å². The summed E-state index contributed by atoms with van der Waals surface area (Å²) >= 11 is 0. The molecule has 6 heterocycles. The Kier molecular flexibility index (Phi) is 7.51.